The topological polar surface area (TPSA) is 23.6 Å². The van der Waals surface area contributed by atoms with Gasteiger partial charge >= 0.3 is 0 Å². The van der Waals surface area contributed by atoms with Gasteiger partial charge in [-0.05, 0) is 53.4 Å². The van der Waals surface area contributed by atoms with Crippen LogP contribution >= 0.6 is 0 Å². The van der Waals surface area contributed by atoms with Gasteiger partial charge in [0.25, 0.3) is 0 Å². The summed E-state index contributed by atoms with van der Waals surface area (Å²) in [5.74, 6) is 0.395. The fourth-order valence-corrected chi connectivity index (χ4v) is 2.87. The smallest absolute Gasteiger partial charge is 0.241 e. The second-order valence-electron chi connectivity index (χ2n) is 8.82. The monoisotopic (exact) mass is 268 g/mol. The van der Waals surface area contributed by atoms with E-state index in [0.717, 1.165) is 13.0 Å². The average molecular weight is 268 g/mol. The first-order chi connectivity index (χ1) is 8.26. The summed E-state index contributed by atoms with van der Waals surface area (Å²) in [4.78, 5) is 13.0. The minimum Gasteiger partial charge on any atom is -0.273 e. The molecule has 1 atom stereocenters. The van der Waals surface area contributed by atoms with Gasteiger partial charge in [0.1, 0.15) is 0 Å². The Labute approximate surface area is 119 Å². The van der Waals surface area contributed by atoms with Crippen molar-refractivity contribution in [3.8, 4) is 0 Å². The molecule has 1 aliphatic rings. The molecule has 1 fully saturated rings. The van der Waals surface area contributed by atoms with Gasteiger partial charge in [-0.1, -0.05) is 20.8 Å². The van der Waals surface area contributed by atoms with E-state index in [9.17, 15) is 4.79 Å². The highest BCUT2D eigenvalue weighted by Crippen LogP contribution is 2.38. The van der Waals surface area contributed by atoms with Gasteiger partial charge in [0.15, 0.2) is 0 Å². The largest absolute Gasteiger partial charge is 0.273 e. The van der Waals surface area contributed by atoms with Crippen LogP contribution in [0.2, 0.25) is 0 Å². The van der Waals surface area contributed by atoms with Crippen LogP contribution in [-0.4, -0.2) is 33.5 Å². The molecular weight excluding hydrogens is 236 g/mol. The number of carbonyl (C=O) groups is 1. The molecule has 0 aromatic carbocycles. The van der Waals surface area contributed by atoms with Crippen LogP contribution in [0.1, 0.15) is 68.7 Å². The van der Waals surface area contributed by atoms with Crippen molar-refractivity contribution in [2.75, 3.05) is 6.54 Å². The quantitative estimate of drug-likeness (QED) is 0.669. The number of carbonyl (C=O) groups excluding carboxylic acids is 1. The van der Waals surface area contributed by atoms with Gasteiger partial charge in [-0.15, -0.1) is 0 Å². The summed E-state index contributed by atoms with van der Waals surface area (Å²) < 4.78 is 0. The molecule has 1 aliphatic heterocycles. The van der Waals surface area contributed by atoms with Crippen molar-refractivity contribution < 1.29 is 4.79 Å². The van der Waals surface area contributed by atoms with E-state index < -0.39 is 0 Å². The standard InChI is InChI=1S/C16H32N2O/c1-14(2,3)12-10-11-17(15(4,5)6)18(13(12)19)16(7,8)9/h12H,10-11H2,1-9H3. The summed E-state index contributed by atoms with van der Waals surface area (Å²) in [7, 11) is 0. The van der Waals surface area contributed by atoms with Gasteiger partial charge in [-0.25, -0.2) is 5.01 Å². The lowest BCUT2D eigenvalue weighted by atomic mass is 9.76. The Hall–Kier alpha value is -0.570. The van der Waals surface area contributed by atoms with E-state index in [1.54, 1.807) is 0 Å². The third-order valence-corrected chi connectivity index (χ3v) is 3.83. The lowest BCUT2D eigenvalue weighted by Crippen LogP contribution is -2.67. The number of rotatable bonds is 0. The van der Waals surface area contributed by atoms with E-state index in [1.165, 1.54) is 0 Å². The molecule has 19 heavy (non-hydrogen) atoms. The van der Waals surface area contributed by atoms with Crippen molar-refractivity contribution in [2.45, 2.75) is 79.8 Å². The number of nitrogens with zero attached hydrogens (tertiary/aromatic N) is 2. The third-order valence-electron chi connectivity index (χ3n) is 3.83. The molecule has 3 heteroatoms. The highest BCUT2D eigenvalue weighted by atomic mass is 16.2. The van der Waals surface area contributed by atoms with Crippen LogP contribution in [0.25, 0.3) is 0 Å². The molecule has 1 saturated heterocycles. The zero-order valence-electron chi connectivity index (χ0n) is 14.3. The predicted molar refractivity (Wildman–Crippen MR) is 80.6 cm³/mol. The van der Waals surface area contributed by atoms with Gasteiger partial charge in [0.2, 0.25) is 5.91 Å². The van der Waals surface area contributed by atoms with Crippen LogP contribution < -0.4 is 0 Å². The maximum absolute atomic E-state index is 13.0. The molecule has 0 N–H and O–H groups in total. The van der Waals surface area contributed by atoms with Crippen molar-refractivity contribution in [3.05, 3.63) is 0 Å². The molecular formula is C16H32N2O. The Bertz CT molecular complexity index is 341. The van der Waals surface area contributed by atoms with Crippen LogP contribution in [0.5, 0.6) is 0 Å². The Kier molecular flexibility index (Phi) is 4.13. The number of hydrogen-bond donors (Lipinski definition) is 0. The SMILES string of the molecule is CC(C)(C)C1CCN(C(C)(C)C)N(C(C)(C)C)C1=O. The molecule has 1 amide bonds. The first-order valence-corrected chi connectivity index (χ1v) is 7.38. The highest BCUT2D eigenvalue weighted by Gasteiger charge is 2.46. The lowest BCUT2D eigenvalue weighted by molar-refractivity contribution is -0.199. The van der Waals surface area contributed by atoms with Crippen molar-refractivity contribution in [1.29, 1.82) is 0 Å². The Morgan fingerprint density at radius 3 is 1.68 bits per heavy atom. The minimum atomic E-state index is -0.172. The highest BCUT2D eigenvalue weighted by molar-refractivity contribution is 5.80. The van der Waals surface area contributed by atoms with Crippen LogP contribution in [0.15, 0.2) is 0 Å². The lowest BCUT2D eigenvalue weighted by Gasteiger charge is -2.55. The molecule has 0 saturated carbocycles. The molecule has 1 heterocycles. The van der Waals surface area contributed by atoms with Gasteiger partial charge in [-0.3, -0.25) is 9.80 Å². The van der Waals surface area contributed by atoms with E-state index in [1.807, 2.05) is 5.01 Å². The molecule has 0 bridgehead atoms. The molecule has 0 aromatic rings. The maximum Gasteiger partial charge on any atom is 0.241 e. The summed E-state index contributed by atoms with van der Waals surface area (Å²) in [6.07, 6.45) is 0.951. The van der Waals surface area contributed by atoms with E-state index >= 15 is 0 Å². The van der Waals surface area contributed by atoms with Gasteiger partial charge in [-0.2, -0.15) is 0 Å². The average Bonchev–Trinajstić information content (AvgIpc) is 2.11. The molecule has 0 spiro atoms. The predicted octanol–water partition coefficient (Wildman–Crippen LogP) is 3.70. The van der Waals surface area contributed by atoms with Crippen molar-refractivity contribution in [2.24, 2.45) is 11.3 Å². The number of hydrazine groups is 1. The van der Waals surface area contributed by atoms with E-state index in [4.69, 9.17) is 0 Å². The van der Waals surface area contributed by atoms with Gasteiger partial charge in [0.05, 0.1) is 5.54 Å². The van der Waals surface area contributed by atoms with Crippen molar-refractivity contribution >= 4 is 5.91 Å². The molecule has 112 valence electrons. The fraction of sp³-hybridized carbons (Fsp3) is 0.938. The fourth-order valence-electron chi connectivity index (χ4n) is 2.87. The molecule has 0 radical (unpaired) electrons. The van der Waals surface area contributed by atoms with E-state index in [-0.39, 0.29) is 28.3 Å². The summed E-state index contributed by atoms with van der Waals surface area (Å²) >= 11 is 0. The minimum absolute atomic E-state index is 0.0220. The number of amides is 1. The van der Waals surface area contributed by atoms with Crippen molar-refractivity contribution in [1.82, 2.24) is 10.0 Å². The Balaban J connectivity index is 3.16. The van der Waals surface area contributed by atoms with Crippen LogP contribution in [0.4, 0.5) is 0 Å². The summed E-state index contributed by atoms with van der Waals surface area (Å²) in [6, 6.07) is 0. The summed E-state index contributed by atoms with van der Waals surface area (Å²) in [5, 5.41) is 4.25. The maximum atomic E-state index is 13.0. The molecule has 0 aromatic heterocycles. The Morgan fingerprint density at radius 1 is 0.895 bits per heavy atom. The number of hydrogen-bond acceptors (Lipinski definition) is 2. The third kappa shape index (κ3) is 3.50. The molecule has 1 unspecified atom stereocenters. The van der Waals surface area contributed by atoms with Crippen LogP contribution in [0.3, 0.4) is 0 Å². The van der Waals surface area contributed by atoms with Gasteiger partial charge in [0, 0.05) is 18.0 Å². The van der Waals surface area contributed by atoms with Crippen LogP contribution in [-0.2, 0) is 4.79 Å². The molecule has 3 nitrogen and oxygen atoms in total. The Morgan fingerprint density at radius 2 is 1.37 bits per heavy atom. The first kappa shape index (κ1) is 16.5. The van der Waals surface area contributed by atoms with Crippen LogP contribution in [0, 0.1) is 11.3 Å². The molecule has 0 aliphatic carbocycles. The van der Waals surface area contributed by atoms with E-state index in [2.05, 4.69) is 67.3 Å². The van der Waals surface area contributed by atoms with Crippen molar-refractivity contribution in [3.63, 3.8) is 0 Å². The van der Waals surface area contributed by atoms with Gasteiger partial charge < -0.3 is 0 Å². The normalized spacial score (nSPS) is 23.9. The summed E-state index contributed by atoms with van der Waals surface area (Å²) in [5.41, 5.74) is -0.162. The second-order valence-corrected chi connectivity index (χ2v) is 8.82. The summed E-state index contributed by atoms with van der Waals surface area (Å²) in [6.45, 7) is 20.4. The molecule has 1 rings (SSSR count). The first-order valence-electron chi connectivity index (χ1n) is 7.38. The zero-order chi connectivity index (χ0) is 15.2. The zero-order valence-corrected chi connectivity index (χ0v) is 14.3. The second kappa shape index (κ2) is 4.76. The van der Waals surface area contributed by atoms with E-state index in [0.29, 0.717) is 0 Å².